The van der Waals surface area contributed by atoms with Gasteiger partial charge in [0.25, 0.3) is 5.91 Å². The first-order valence-electron chi connectivity index (χ1n) is 8.96. The van der Waals surface area contributed by atoms with Gasteiger partial charge in [-0.1, -0.05) is 12.8 Å². The van der Waals surface area contributed by atoms with Crippen molar-refractivity contribution in [1.82, 2.24) is 15.2 Å². The van der Waals surface area contributed by atoms with Gasteiger partial charge in [0.1, 0.15) is 5.82 Å². The number of likely N-dealkylation sites (N-methyl/N-ethyl adjacent to an activating group) is 1. The number of pyridine rings is 1. The highest BCUT2D eigenvalue weighted by Crippen LogP contribution is 2.21. The molecule has 2 fully saturated rings. The lowest BCUT2D eigenvalue weighted by atomic mass is 10.2. The lowest BCUT2D eigenvalue weighted by molar-refractivity contribution is 0.0736. The van der Waals surface area contributed by atoms with Crippen LogP contribution >= 0.6 is 0 Å². The Morgan fingerprint density at radius 2 is 1.96 bits per heavy atom. The summed E-state index contributed by atoms with van der Waals surface area (Å²) in [6.07, 6.45) is 9.05. The summed E-state index contributed by atoms with van der Waals surface area (Å²) in [5, 5.41) is 3.19. The van der Waals surface area contributed by atoms with Crippen molar-refractivity contribution >= 4 is 11.7 Å². The van der Waals surface area contributed by atoms with E-state index < -0.39 is 0 Å². The molecule has 126 valence electrons. The number of aromatic nitrogens is 1. The van der Waals surface area contributed by atoms with Gasteiger partial charge in [0.15, 0.2) is 0 Å². The standard InChI is InChI=1S/C18H28N4O/c1-19-14-16-7-6-12-22(16)18(23)15-8-9-17(20-13-15)21-10-4-2-3-5-11-21/h8-9,13,16,19H,2-7,10-12,14H2,1H3. The van der Waals surface area contributed by atoms with E-state index in [-0.39, 0.29) is 5.91 Å². The number of nitrogens with one attached hydrogen (secondary N) is 1. The van der Waals surface area contributed by atoms with Crippen LogP contribution in [0.15, 0.2) is 18.3 Å². The average Bonchev–Trinajstić information content (AvgIpc) is 2.87. The maximum atomic E-state index is 12.7. The molecule has 3 heterocycles. The fraction of sp³-hybridized carbons (Fsp3) is 0.667. The first-order chi connectivity index (χ1) is 11.3. The third-order valence-electron chi connectivity index (χ3n) is 5.00. The van der Waals surface area contributed by atoms with Crippen molar-refractivity contribution < 1.29 is 4.79 Å². The Hall–Kier alpha value is -1.62. The predicted octanol–water partition coefficient (Wildman–Crippen LogP) is 2.29. The van der Waals surface area contributed by atoms with Crippen LogP contribution in [0.25, 0.3) is 0 Å². The second-order valence-electron chi connectivity index (χ2n) is 6.66. The van der Waals surface area contributed by atoms with E-state index in [0.717, 1.165) is 44.8 Å². The fourth-order valence-corrected chi connectivity index (χ4v) is 3.72. The molecule has 0 bridgehead atoms. The first-order valence-corrected chi connectivity index (χ1v) is 8.96. The second kappa shape index (κ2) is 7.77. The van der Waals surface area contributed by atoms with E-state index in [9.17, 15) is 4.79 Å². The molecule has 5 heteroatoms. The van der Waals surface area contributed by atoms with Gasteiger partial charge in [0.2, 0.25) is 0 Å². The highest BCUT2D eigenvalue weighted by Gasteiger charge is 2.29. The van der Waals surface area contributed by atoms with Gasteiger partial charge in [-0.3, -0.25) is 4.79 Å². The van der Waals surface area contributed by atoms with Crippen molar-refractivity contribution in [3.63, 3.8) is 0 Å². The summed E-state index contributed by atoms with van der Waals surface area (Å²) in [5.74, 6) is 1.13. The highest BCUT2D eigenvalue weighted by atomic mass is 16.2. The summed E-state index contributed by atoms with van der Waals surface area (Å²) in [4.78, 5) is 21.6. The normalized spacial score (nSPS) is 22.2. The van der Waals surface area contributed by atoms with E-state index in [1.165, 1.54) is 25.7 Å². The van der Waals surface area contributed by atoms with Gasteiger partial charge in [-0.25, -0.2) is 4.98 Å². The Kier molecular flexibility index (Phi) is 5.49. The van der Waals surface area contributed by atoms with Crippen LogP contribution in [0, 0.1) is 0 Å². The zero-order valence-electron chi connectivity index (χ0n) is 14.1. The largest absolute Gasteiger partial charge is 0.357 e. The number of hydrogen-bond acceptors (Lipinski definition) is 4. The minimum atomic E-state index is 0.123. The zero-order chi connectivity index (χ0) is 16.1. The Morgan fingerprint density at radius 1 is 1.17 bits per heavy atom. The molecule has 0 saturated carbocycles. The maximum Gasteiger partial charge on any atom is 0.255 e. The van der Waals surface area contributed by atoms with E-state index in [1.807, 2.05) is 24.1 Å². The van der Waals surface area contributed by atoms with Gasteiger partial charge in [-0.05, 0) is 44.9 Å². The van der Waals surface area contributed by atoms with Crippen LogP contribution in [0.3, 0.4) is 0 Å². The molecule has 3 rings (SSSR count). The second-order valence-corrected chi connectivity index (χ2v) is 6.66. The smallest absolute Gasteiger partial charge is 0.255 e. The summed E-state index contributed by atoms with van der Waals surface area (Å²) in [5.41, 5.74) is 0.714. The maximum absolute atomic E-state index is 12.7. The Bertz CT molecular complexity index is 508. The Balaban J connectivity index is 1.67. The SMILES string of the molecule is CNCC1CCCN1C(=O)c1ccc(N2CCCCCC2)nc1. The van der Waals surface area contributed by atoms with Crippen LogP contribution in [-0.4, -0.2) is 55.1 Å². The minimum absolute atomic E-state index is 0.123. The molecule has 0 aromatic carbocycles. The molecule has 0 radical (unpaired) electrons. The number of likely N-dealkylation sites (tertiary alicyclic amines) is 1. The van der Waals surface area contributed by atoms with E-state index in [0.29, 0.717) is 11.6 Å². The Labute approximate surface area is 139 Å². The molecule has 1 amide bonds. The molecule has 23 heavy (non-hydrogen) atoms. The average molecular weight is 316 g/mol. The Morgan fingerprint density at radius 3 is 2.61 bits per heavy atom. The molecule has 0 aliphatic carbocycles. The summed E-state index contributed by atoms with van der Waals surface area (Å²) in [7, 11) is 1.94. The number of amides is 1. The van der Waals surface area contributed by atoms with Crippen molar-refractivity contribution in [2.75, 3.05) is 38.1 Å². The molecule has 1 aromatic heterocycles. The quantitative estimate of drug-likeness (QED) is 0.926. The molecule has 1 unspecified atom stereocenters. The number of carbonyl (C=O) groups excluding carboxylic acids is 1. The molecule has 0 spiro atoms. The lowest BCUT2D eigenvalue weighted by Gasteiger charge is -2.25. The summed E-state index contributed by atoms with van der Waals surface area (Å²) in [6, 6.07) is 4.28. The summed E-state index contributed by atoms with van der Waals surface area (Å²) >= 11 is 0. The zero-order valence-corrected chi connectivity index (χ0v) is 14.1. The number of nitrogens with zero attached hydrogens (tertiary/aromatic N) is 3. The number of hydrogen-bond donors (Lipinski definition) is 1. The first kappa shape index (κ1) is 16.2. The molecular weight excluding hydrogens is 288 g/mol. The van der Waals surface area contributed by atoms with E-state index in [4.69, 9.17) is 0 Å². The minimum Gasteiger partial charge on any atom is -0.357 e. The monoisotopic (exact) mass is 316 g/mol. The molecule has 1 N–H and O–H groups in total. The molecule has 2 saturated heterocycles. The predicted molar refractivity (Wildman–Crippen MR) is 92.9 cm³/mol. The fourth-order valence-electron chi connectivity index (χ4n) is 3.72. The van der Waals surface area contributed by atoms with Crippen LogP contribution in [-0.2, 0) is 0 Å². The van der Waals surface area contributed by atoms with Crippen molar-refractivity contribution in [1.29, 1.82) is 0 Å². The van der Waals surface area contributed by atoms with Gasteiger partial charge in [-0.15, -0.1) is 0 Å². The van der Waals surface area contributed by atoms with E-state index >= 15 is 0 Å². The molecule has 2 aliphatic rings. The van der Waals surface area contributed by atoms with Crippen molar-refractivity contribution in [3.8, 4) is 0 Å². The molecule has 1 atom stereocenters. The van der Waals surface area contributed by atoms with Gasteiger partial charge in [0, 0.05) is 38.4 Å². The molecule has 1 aromatic rings. The van der Waals surface area contributed by atoms with Crippen molar-refractivity contribution in [2.45, 2.75) is 44.6 Å². The third-order valence-corrected chi connectivity index (χ3v) is 5.00. The van der Waals surface area contributed by atoms with Gasteiger partial charge in [-0.2, -0.15) is 0 Å². The third kappa shape index (κ3) is 3.83. The molecule has 5 nitrogen and oxygen atoms in total. The molecule has 2 aliphatic heterocycles. The van der Waals surface area contributed by atoms with Crippen LogP contribution in [0.5, 0.6) is 0 Å². The van der Waals surface area contributed by atoms with Gasteiger partial charge >= 0.3 is 0 Å². The number of anilines is 1. The van der Waals surface area contributed by atoms with Crippen LogP contribution in [0.1, 0.15) is 48.9 Å². The van der Waals surface area contributed by atoms with Crippen molar-refractivity contribution in [2.24, 2.45) is 0 Å². The summed E-state index contributed by atoms with van der Waals surface area (Å²) in [6.45, 7) is 3.89. The van der Waals surface area contributed by atoms with E-state index in [2.05, 4.69) is 15.2 Å². The van der Waals surface area contributed by atoms with Crippen molar-refractivity contribution in [3.05, 3.63) is 23.9 Å². The number of rotatable bonds is 4. The van der Waals surface area contributed by atoms with Gasteiger partial charge in [0.05, 0.1) is 5.56 Å². The topological polar surface area (TPSA) is 48.5 Å². The van der Waals surface area contributed by atoms with Crippen LogP contribution in [0.4, 0.5) is 5.82 Å². The van der Waals surface area contributed by atoms with E-state index in [1.54, 1.807) is 6.20 Å². The lowest BCUT2D eigenvalue weighted by Crippen LogP contribution is -2.40. The summed E-state index contributed by atoms with van der Waals surface area (Å²) < 4.78 is 0. The number of carbonyl (C=O) groups is 1. The van der Waals surface area contributed by atoms with Gasteiger partial charge < -0.3 is 15.1 Å². The molecular formula is C18H28N4O. The highest BCUT2D eigenvalue weighted by molar-refractivity contribution is 5.94. The van der Waals surface area contributed by atoms with Crippen LogP contribution in [0.2, 0.25) is 0 Å². The van der Waals surface area contributed by atoms with Crippen LogP contribution < -0.4 is 10.2 Å².